The average molecular weight is 570 g/mol. The summed E-state index contributed by atoms with van der Waals surface area (Å²) in [5.74, 6) is -1.47. The van der Waals surface area contributed by atoms with Crippen molar-refractivity contribution in [3.05, 3.63) is 117 Å². The maximum Gasteiger partial charge on any atom is 0.266 e. The van der Waals surface area contributed by atoms with E-state index < -0.39 is 23.0 Å². The molecule has 3 aromatic heterocycles. The Balaban J connectivity index is 1.48. The smallest absolute Gasteiger partial charge is 0.266 e. The summed E-state index contributed by atoms with van der Waals surface area (Å²) in [6, 6.07) is 12.4. The molecular weight excluding hydrogens is 544 g/mol. The number of hydrogen-bond donors (Lipinski definition) is 0. The van der Waals surface area contributed by atoms with Gasteiger partial charge in [-0.2, -0.15) is 0 Å². The van der Waals surface area contributed by atoms with E-state index in [-0.39, 0.29) is 40.4 Å². The Kier molecular flexibility index (Phi) is 7.62. The van der Waals surface area contributed by atoms with E-state index in [1.165, 1.54) is 74.3 Å². The quantitative estimate of drug-likeness (QED) is 0.208. The van der Waals surface area contributed by atoms with Gasteiger partial charge in [-0.15, -0.1) is 0 Å². The summed E-state index contributed by atoms with van der Waals surface area (Å²) in [7, 11) is 1.51. The molecule has 0 saturated heterocycles. The fourth-order valence-corrected chi connectivity index (χ4v) is 4.99. The molecule has 0 amide bonds. The molecule has 10 heteroatoms. The first-order chi connectivity index (χ1) is 20.1. The van der Waals surface area contributed by atoms with Crippen LogP contribution in [-0.4, -0.2) is 33.2 Å². The molecule has 5 aromatic rings. The highest BCUT2D eigenvalue weighted by Crippen LogP contribution is 2.31. The minimum Gasteiger partial charge on any atom is -0.495 e. The van der Waals surface area contributed by atoms with Crippen LogP contribution >= 0.6 is 0 Å². The molecule has 212 valence electrons. The number of aromatic nitrogens is 3. The molecule has 2 aromatic carbocycles. The average Bonchev–Trinajstić information content (AvgIpc) is 2.95. The number of carbonyl (C=O) groups excluding carboxylic acids is 2. The van der Waals surface area contributed by atoms with Crippen LogP contribution in [0.2, 0.25) is 0 Å². The van der Waals surface area contributed by atoms with Crippen LogP contribution in [0.15, 0.2) is 71.8 Å². The van der Waals surface area contributed by atoms with Crippen molar-refractivity contribution in [2.75, 3.05) is 7.11 Å². The second-order valence-electron chi connectivity index (χ2n) is 9.65. The minimum absolute atomic E-state index is 0.0969. The number of benzene rings is 2. The van der Waals surface area contributed by atoms with Crippen molar-refractivity contribution in [1.82, 2.24) is 14.5 Å². The van der Waals surface area contributed by atoms with Gasteiger partial charge in [0.1, 0.15) is 17.1 Å². The highest BCUT2D eigenvalue weighted by atomic mass is 19.1. The third-order valence-electron chi connectivity index (χ3n) is 6.91. The number of ether oxygens (including phenoxy) is 2. The van der Waals surface area contributed by atoms with Crippen LogP contribution in [0.25, 0.3) is 16.7 Å². The van der Waals surface area contributed by atoms with E-state index in [0.717, 1.165) is 6.07 Å². The van der Waals surface area contributed by atoms with Gasteiger partial charge in [0, 0.05) is 41.7 Å². The van der Waals surface area contributed by atoms with Crippen molar-refractivity contribution in [1.29, 1.82) is 0 Å². The van der Waals surface area contributed by atoms with Gasteiger partial charge in [-0.05, 0) is 68.3 Å². The Morgan fingerprint density at radius 1 is 0.929 bits per heavy atom. The minimum atomic E-state index is -0.729. The van der Waals surface area contributed by atoms with Crippen LogP contribution in [0.1, 0.15) is 44.5 Å². The van der Waals surface area contributed by atoms with E-state index >= 15 is 4.39 Å². The molecule has 0 fully saturated rings. The van der Waals surface area contributed by atoms with Gasteiger partial charge in [0.2, 0.25) is 0 Å². The second kappa shape index (κ2) is 11.3. The largest absolute Gasteiger partial charge is 0.495 e. The summed E-state index contributed by atoms with van der Waals surface area (Å²) in [4.78, 5) is 48.2. The van der Waals surface area contributed by atoms with Crippen molar-refractivity contribution in [2.24, 2.45) is 0 Å². The highest BCUT2D eigenvalue weighted by Gasteiger charge is 2.25. The highest BCUT2D eigenvalue weighted by molar-refractivity contribution is 6.04. The molecular formula is C32H25F2N3O5. The van der Waals surface area contributed by atoms with Crippen molar-refractivity contribution < 1.29 is 27.8 Å². The number of hydrogen-bond acceptors (Lipinski definition) is 7. The lowest BCUT2D eigenvalue weighted by Crippen LogP contribution is -2.31. The van der Waals surface area contributed by atoms with E-state index in [4.69, 9.17) is 9.47 Å². The molecule has 0 aliphatic rings. The van der Waals surface area contributed by atoms with Gasteiger partial charge < -0.3 is 9.47 Å². The van der Waals surface area contributed by atoms with E-state index in [9.17, 15) is 18.8 Å². The maximum absolute atomic E-state index is 15.2. The number of nitrogens with zero attached hydrogens (tertiary/aromatic N) is 3. The monoisotopic (exact) mass is 569 g/mol. The Morgan fingerprint density at radius 2 is 1.67 bits per heavy atom. The van der Waals surface area contributed by atoms with E-state index in [2.05, 4.69) is 9.97 Å². The summed E-state index contributed by atoms with van der Waals surface area (Å²) in [5, 5.41) is 0. The third kappa shape index (κ3) is 5.26. The van der Waals surface area contributed by atoms with E-state index in [1.807, 2.05) is 0 Å². The molecule has 3 heterocycles. The molecule has 0 unspecified atom stereocenters. The molecule has 42 heavy (non-hydrogen) atoms. The van der Waals surface area contributed by atoms with Crippen LogP contribution < -0.4 is 15.0 Å². The standard InChI is InChI=1S/C32H25F2N3O5/c1-17-29(19(3)38)18(2)37(22-8-6-21(33)7-9-22)32(40)30(17)26(39)14-20-5-10-27(24(34)13-20)42-28-11-12-35-25-15-23(41-4)16-36-31(25)28/h5-13,15-16H,14H2,1-4H3. The lowest BCUT2D eigenvalue weighted by atomic mass is 9.94. The van der Waals surface area contributed by atoms with Crippen molar-refractivity contribution in [3.8, 4) is 22.9 Å². The Morgan fingerprint density at radius 3 is 2.33 bits per heavy atom. The molecule has 0 bridgehead atoms. The number of pyridine rings is 3. The number of ketones is 2. The first-order valence-corrected chi connectivity index (χ1v) is 12.9. The van der Waals surface area contributed by atoms with Gasteiger partial charge in [-0.1, -0.05) is 6.07 Å². The van der Waals surface area contributed by atoms with Crippen molar-refractivity contribution in [2.45, 2.75) is 27.2 Å². The molecule has 5 rings (SSSR count). The normalized spacial score (nSPS) is 11.0. The molecule has 0 aliphatic carbocycles. The lowest BCUT2D eigenvalue weighted by Gasteiger charge is -2.18. The van der Waals surface area contributed by atoms with Gasteiger partial charge in [0.05, 0.1) is 24.4 Å². The topological polar surface area (TPSA) is 100 Å². The lowest BCUT2D eigenvalue weighted by molar-refractivity contribution is 0.0990. The SMILES string of the molecule is COc1cnc2c(Oc3ccc(CC(=O)c4c(C)c(C(C)=O)c(C)n(-c5ccc(F)cc5)c4=O)cc3F)ccnc2c1. The summed E-state index contributed by atoms with van der Waals surface area (Å²) in [6.45, 7) is 4.47. The maximum atomic E-state index is 15.2. The van der Waals surface area contributed by atoms with Gasteiger partial charge >= 0.3 is 0 Å². The fourth-order valence-electron chi connectivity index (χ4n) is 4.99. The number of Topliss-reactive ketones (excluding diaryl/α,β-unsaturated/α-hetero) is 2. The molecule has 0 radical (unpaired) electrons. The zero-order valence-electron chi connectivity index (χ0n) is 23.2. The molecule has 0 N–H and O–H groups in total. The van der Waals surface area contributed by atoms with Gasteiger partial charge in [0.25, 0.3) is 5.56 Å². The predicted molar refractivity (Wildman–Crippen MR) is 152 cm³/mol. The molecule has 0 spiro atoms. The Hall–Kier alpha value is -5.25. The Labute approximate surface area is 239 Å². The first-order valence-electron chi connectivity index (χ1n) is 12.9. The summed E-state index contributed by atoms with van der Waals surface area (Å²) >= 11 is 0. The zero-order valence-corrected chi connectivity index (χ0v) is 23.2. The Bertz CT molecular complexity index is 1930. The van der Waals surface area contributed by atoms with Gasteiger partial charge in [-0.3, -0.25) is 23.9 Å². The first kappa shape index (κ1) is 28.3. The van der Waals surface area contributed by atoms with Crippen LogP contribution in [0.3, 0.4) is 0 Å². The number of rotatable bonds is 8. The van der Waals surface area contributed by atoms with Crippen LogP contribution in [0.5, 0.6) is 17.2 Å². The fraction of sp³-hybridized carbons (Fsp3) is 0.156. The van der Waals surface area contributed by atoms with Gasteiger partial charge in [0.15, 0.2) is 28.9 Å². The molecule has 0 aliphatic heterocycles. The number of fused-ring (bicyclic) bond motifs is 1. The summed E-state index contributed by atoms with van der Waals surface area (Å²) in [5.41, 5.74) is 1.45. The molecule has 8 nitrogen and oxygen atoms in total. The summed E-state index contributed by atoms with van der Waals surface area (Å²) in [6.07, 6.45) is 2.69. The zero-order chi connectivity index (χ0) is 30.1. The third-order valence-corrected chi connectivity index (χ3v) is 6.91. The number of carbonyl (C=O) groups is 2. The number of methoxy groups -OCH3 is 1. The van der Waals surface area contributed by atoms with Crippen molar-refractivity contribution in [3.63, 3.8) is 0 Å². The molecule has 0 atom stereocenters. The van der Waals surface area contributed by atoms with E-state index in [0.29, 0.717) is 33.7 Å². The van der Waals surface area contributed by atoms with E-state index in [1.54, 1.807) is 19.1 Å². The summed E-state index contributed by atoms with van der Waals surface area (Å²) < 4.78 is 40.9. The van der Waals surface area contributed by atoms with Crippen LogP contribution in [-0.2, 0) is 6.42 Å². The van der Waals surface area contributed by atoms with Crippen LogP contribution in [0.4, 0.5) is 8.78 Å². The molecule has 0 saturated carbocycles. The predicted octanol–water partition coefficient (Wildman–Crippen LogP) is 6.10. The number of halogens is 2. The van der Waals surface area contributed by atoms with Gasteiger partial charge in [-0.25, -0.2) is 13.8 Å². The van der Waals surface area contributed by atoms with Crippen molar-refractivity contribution >= 4 is 22.6 Å². The second-order valence-corrected chi connectivity index (χ2v) is 9.65. The van der Waals surface area contributed by atoms with Crippen LogP contribution in [0, 0.1) is 25.5 Å².